The maximum atomic E-state index is 13.7. The summed E-state index contributed by atoms with van der Waals surface area (Å²) in [6, 6.07) is 10.4. The Morgan fingerprint density at radius 3 is 2.43 bits per heavy atom. The number of anilines is 2. The largest absolute Gasteiger partial charge is 0.378 e. The fourth-order valence-electron chi connectivity index (χ4n) is 3.20. The van der Waals surface area contributed by atoms with Gasteiger partial charge in [-0.15, -0.1) is 0 Å². The number of hydrogen-bond donors (Lipinski definition) is 1. The summed E-state index contributed by atoms with van der Waals surface area (Å²) in [5.74, 6) is -0.708. The third-order valence-electron chi connectivity index (χ3n) is 4.17. The second kappa shape index (κ2) is 5.99. The molecule has 0 saturated carbocycles. The van der Waals surface area contributed by atoms with E-state index in [1.807, 2.05) is 6.92 Å². The Bertz CT molecular complexity index is 730. The van der Waals surface area contributed by atoms with Gasteiger partial charge in [-0.3, -0.25) is 4.79 Å². The summed E-state index contributed by atoms with van der Waals surface area (Å²) in [5.41, 5.74) is 2.22. The van der Waals surface area contributed by atoms with E-state index in [9.17, 15) is 13.6 Å². The Kier molecular flexibility index (Phi) is 4.03. The van der Waals surface area contributed by atoms with Crippen molar-refractivity contribution < 1.29 is 13.6 Å². The Balaban J connectivity index is 1.98. The molecule has 0 aromatic heterocycles. The lowest BCUT2D eigenvalue weighted by molar-refractivity contribution is -0.117. The standard InChI is InChI=1S/C18H18F2N2O/c1-11-9-17(21-15-6-3-13(19)4-7-15)16-10-14(20)5-8-18(16)22(11)12(2)23/h3-8,10-11,17,21H,9H2,1-2H3/t11-,17-/m1/s1. The van der Waals surface area contributed by atoms with Gasteiger partial charge in [0.1, 0.15) is 11.6 Å². The Hall–Kier alpha value is -2.43. The summed E-state index contributed by atoms with van der Waals surface area (Å²) in [7, 11) is 0. The summed E-state index contributed by atoms with van der Waals surface area (Å²) < 4.78 is 26.7. The van der Waals surface area contributed by atoms with Gasteiger partial charge in [-0.05, 0) is 55.8 Å². The number of fused-ring (bicyclic) bond motifs is 1. The molecular weight excluding hydrogens is 298 g/mol. The first-order valence-electron chi connectivity index (χ1n) is 7.57. The monoisotopic (exact) mass is 316 g/mol. The average Bonchev–Trinajstić information content (AvgIpc) is 2.49. The van der Waals surface area contributed by atoms with Crippen molar-refractivity contribution in [2.75, 3.05) is 10.2 Å². The van der Waals surface area contributed by atoms with Crippen LogP contribution in [0, 0.1) is 11.6 Å². The van der Waals surface area contributed by atoms with Crippen molar-refractivity contribution in [3.05, 3.63) is 59.7 Å². The van der Waals surface area contributed by atoms with E-state index >= 15 is 0 Å². The minimum atomic E-state index is -0.340. The van der Waals surface area contributed by atoms with Gasteiger partial charge in [-0.1, -0.05) is 0 Å². The molecule has 0 radical (unpaired) electrons. The van der Waals surface area contributed by atoms with Gasteiger partial charge < -0.3 is 10.2 Å². The van der Waals surface area contributed by atoms with Gasteiger partial charge in [0.2, 0.25) is 5.91 Å². The summed E-state index contributed by atoms with van der Waals surface area (Å²) >= 11 is 0. The van der Waals surface area contributed by atoms with E-state index < -0.39 is 0 Å². The molecule has 1 aliphatic heterocycles. The van der Waals surface area contributed by atoms with E-state index in [0.717, 1.165) is 16.9 Å². The van der Waals surface area contributed by atoms with Gasteiger partial charge in [-0.2, -0.15) is 0 Å². The first-order valence-corrected chi connectivity index (χ1v) is 7.57. The van der Waals surface area contributed by atoms with Crippen molar-refractivity contribution in [1.29, 1.82) is 0 Å². The fraction of sp³-hybridized carbons (Fsp3) is 0.278. The molecule has 3 rings (SSSR count). The van der Waals surface area contributed by atoms with E-state index in [4.69, 9.17) is 0 Å². The van der Waals surface area contributed by atoms with Gasteiger partial charge in [0.25, 0.3) is 0 Å². The minimum absolute atomic E-state index is 0.0107. The lowest BCUT2D eigenvalue weighted by Gasteiger charge is -2.39. The van der Waals surface area contributed by atoms with Crippen LogP contribution in [0.3, 0.4) is 0 Å². The van der Waals surface area contributed by atoms with Gasteiger partial charge in [0, 0.05) is 29.9 Å². The number of halogens is 2. The first-order chi connectivity index (χ1) is 11.0. The second-order valence-corrected chi connectivity index (χ2v) is 5.88. The fourth-order valence-corrected chi connectivity index (χ4v) is 3.20. The maximum Gasteiger partial charge on any atom is 0.224 e. The number of nitrogens with zero attached hydrogens (tertiary/aromatic N) is 1. The highest BCUT2D eigenvalue weighted by atomic mass is 19.1. The van der Waals surface area contributed by atoms with Crippen LogP contribution < -0.4 is 10.2 Å². The van der Waals surface area contributed by atoms with E-state index in [2.05, 4.69) is 5.32 Å². The van der Waals surface area contributed by atoms with Crippen LogP contribution in [0.2, 0.25) is 0 Å². The molecule has 1 aliphatic rings. The molecular formula is C18H18F2N2O. The molecule has 0 fully saturated rings. The normalized spacial score (nSPS) is 20.1. The molecule has 5 heteroatoms. The predicted molar refractivity (Wildman–Crippen MR) is 86.4 cm³/mol. The summed E-state index contributed by atoms with van der Waals surface area (Å²) in [4.78, 5) is 13.6. The van der Waals surface area contributed by atoms with Gasteiger partial charge in [0.15, 0.2) is 0 Å². The van der Waals surface area contributed by atoms with Gasteiger partial charge in [-0.25, -0.2) is 8.78 Å². The highest BCUT2D eigenvalue weighted by Gasteiger charge is 2.32. The van der Waals surface area contributed by atoms with E-state index in [0.29, 0.717) is 6.42 Å². The highest BCUT2D eigenvalue weighted by molar-refractivity contribution is 5.93. The molecule has 0 spiro atoms. The molecule has 120 valence electrons. The third-order valence-corrected chi connectivity index (χ3v) is 4.17. The molecule has 23 heavy (non-hydrogen) atoms. The lowest BCUT2D eigenvalue weighted by atomic mass is 9.91. The summed E-state index contributed by atoms with van der Waals surface area (Å²) in [6.07, 6.45) is 0.646. The first kappa shape index (κ1) is 15.5. The molecule has 1 heterocycles. The van der Waals surface area contributed by atoms with E-state index in [-0.39, 0.29) is 29.6 Å². The van der Waals surface area contributed by atoms with Crippen LogP contribution in [-0.2, 0) is 4.79 Å². The third kappa shape index (κ3) is 3.04. The average molecular weight is 316 g/mol. The molecule has 0 aliphatic carbocycles. The van der Waals surface area contributed by atoms with Crippen LogP contribution in [0.1, 0.15) is 31.9 Å². The summed E-state index contributed by atoms with van der Waals surface area (Å²) in [5, 5.41) is 3.31. The number of benzene rings is 2. The maximum absolute atomic E-state index is 13.7. The van der Waals surface area contributed by atoms with Crippen LogP contribution in [0.4, 0.5) is 20.2 Å². The molecule has 0 bridgehead atoms. The molecule has 2 aromatic rings. The molecule has 3 nitrogen and oxygen atoms in total. The Morgan fingerprint density at radius 1 is 1.13 bits per heavy atom. The predicted octanol–water partition coefficient (Wildman–Crippen LogP) is 4.26. The Labute approximate surface area is 133 Å². The van der Waals surface area contributed by atoms with E-state index in [1.165, 1.54) is 31.2 Å². The molecule has 1 N–H and O–H groups in total. The van der Waals surface area contributed by atoms with Crippen LogP contribution in [-0.4, -0.2) is 11.9 Å². The number of carbonyl (C=O) groups is 1. The Morgan fingerprint density at radius 2 is 1.78 bits per heavy atom. The van der Waals surface area contributed by atoms with Crippen molar-refractivity contribution in [2.45, 2.75) is 32.4 Å². The zero-order valence-electron chi connectivity index (χ0n) is 13.0. The lowest BCUT2D eigenvalue weighted by Crippen LogP contribution is -2.43. The van der Waals surface area contributed by atoms with Crippen LogP contribution in [0.25, 0.3) is 0 Å². The second-order valence-electron chi connectivity index (χ2n) is 5.88. The molecule has 0 unspecified atom stereocenters. The number of hydrogen-bond acceptors (Lipinski definition) is 2. The minimum Gasteiger partial charge on any atom is -0.378 e. The van der Waals surface area contributed by atoms with Crippen LogP contribution >= 0.6 is 0 Å². The molecule has 1 amide bonds. The quantitative estimate of drug-likeness (QED) is 0.897. The van der Waals surface area contributed by atoms with Crippen molar-refractivity contribution in [2.24, 2.45) is 0 Å². The number of nitrogens with one attached hydrogen (secondary N) is 1. The van der Waals surface area contributed by atoms with Crippen molar-refractivity contribution >= 4 is 17.3 Å². The van der Waals surface area contributed by atoms with Crippen molar-refractivity contribution in [3.63, 3.8) is 0 Å². The van der Waals surface area contributed by atoms with E-state index in [1.54, 1.807) is 23.1 Å². The zero-order valence-corrected chi connectivity index (χ0v) is 13.0. The number of carbonyl (C=O) groups excluding carboxylic acids is 1. The van der Waals surface area contributed by atoms with Crippen LogP contribution in [0.5, 0.6) is 0 Å². The topological polar surface area (TPSA) is 32.3 Å². The number of amides is 1. The van der Waals surface area contributed by atoms with Crippen LogP contribution in [0.15, 0.2) is 42.5 Å². The molecule has 2 atom stereocenters. The summed E-state index contributed by atoms with van der Waals surface area (Å²) in [6.45, 7) is 3.48. The van der Waals surface area contributed by atoms with Crippen molar-refractivity contribution in [1.82, 2.24) is 0 Å². The SMILES string of the molecule is CC(=O)N1c2ccc(F)cc2[C@H](Nc2ccc(F)cc2)C[C@H]1C. The smallest absolute Gasteiger partial charge is 0.224 e. The van der Waals surface area contributed by atoms with Crippen molar-refractivity contribution in [3.8, 4) is 0 Å². The zero-order chi connectivity index (χ0) is 16.6. The van der Waals surface area contributed by atoms with Gasteiger partial charge in [0.05, 0.1) is 6.04 Å². The molecule has 2 aromatic carbocycles. The molecule has 0 saturated heterocycles. The number of rotatable bonds is 2. The van der Waals surface area contributed by atoms with Gasteiger partial charge >= 0.3 is 0 Å². The highest BCUT2D eigenvalue weighted by Crippen LogP contribution is 2.39.